The van der Waals surface area contributed by atoms with Gasteiger partial charge in [0.2, 0.25) is 0 Å². The van der Waals surface area contributed by atoms with Crippen molar-refractivity contribution in [1.82, 2.24) is 0 Å². The van der Waals surface area contributed by atoms with Gasteiger partial charge in [-0.1, -0.05) is 0 Å². The van der Waals surface area contributed by atoms with E-state index in [9.17, 15) is 4.79 Å². The Morgan fingerprint density at radius 2 is 1.79 bits per heavy atom. The molecule has 0 aliphatic rings. The lowest BCUT2D eigenvalue weighted by molar-refractivity contribution is -0.135. The van der Waals surface area contributed by atoms with E-state index in [1.807, 2.05) is 0 Å². The Hall–Kier alpha value is -1.75. The van der Waals surface area contributed by atoms with E-state index in [4.69, 9.17) is 20.1 Å². The molecule has 5 nitrogen and oxygen atoms in total. The zero-order valence-corrected chi connectivity index (χ0v) is 7.30. The number of hydrogen-bond donors (Lipinski definition) is 3. The lowest BCUT2D eigenvalue weighted by Crippen LogP contribution is -2.09. The van der Waals surface area contributed by atoms with Gasteiger partial charge in [0.05, 0.1) is 13.0 Å². The van der Waals surface area contributed by atoms with E-state index in [1.54, 1.807) is 0 Å². The number of phenolic OH excluding ortho intramolecular Hbond substituents is 2. The smallest absolute Gasteiger partial charge is 0.313 e. The molecule has 0 saturated carbocycles. The summed E-state index contributed by atoms with van der Waals surface area (Å²) in [7, 11) is 0. The second-order valence-corrected chi connectivity index (χ2v) is 2.63. The maximum Gasteiger partial charge on any atom is 0.313 e. The van der Waals surface area contributed by atoms with E-state index in [0.717, 1.165) is 6.07 Å². The van der Waals surface area contributed by atoms with Crippen molar-refractivity contribution in [3.63, 3.8) is 0 Å². The first-order valence-corrected chi connectivity index (χ1v) is 3.96. The first-order valence-electron chi connectivity index (χ1n) is 3.96. The van der Waals surface area contributed by atoms with Gasteiger partial charge in [-0.3, -0.25) is 4.79 Å². The number of aliphatic hydroxyl groups is 1. The first-order chi connectivity index (χ1) is 6.61. The molecule has 0 radical (unpaired) electrons. The lowest BCUT2D eigenvalue weighted by Gasteiger charge is -2.04. The van der Waals surface area contributed by atoms with E-state index < -0.39 is 5.97 Å². The molecule has 0 heterocycles. The summed E-state index contributed by atoms with van der Waals surface area (Å²) in [5, 5.41) is 26.5. The van der Waals surface area contributed by atoms with Crippen LogP contribution in [-0.4, -0.2) is 27.9 Å². The average Bonchev–Trinajstić information content (AvgIpc) is 2.01. The number of carbonyl (C=O) groups excluding carboxylic acids is 1. The summed E-state index contributed by atoms with van der Waals surface area (Å²) < 4.78 is 4.70. The van der Waals surface area contributed by atoms with Gasteiger partial charge in [0.25, 0.3) is 0 Å². The van der Waals surface area contributed by atoms with Gasteiger partial charge in [-0.05, 0) is 0 Å². The van der Waals surface area contributed by atoms with Crippen LogP contribution in [0.5, 0.6) is 17.2 Å². The molecule has 0 atom stereocenters. The van der Waals surface area contributed by atoms with Gasteiger partial charge in [-0.15, -0.1) is 0 Å². The van der Waals surface area contributed by atoms with Crippen LogP contribution in [0.2, 0.25) is 0 Å². The predicted octanol–water partition coefficient (Wildman–Crippen LogP) is 0.386. The summed E-state index contributed by atoms with van der Waals surface area (Å²) in [5.41, 5.74) is 0. The number of esters is 1. The molecule has 0 saturated heterocycles. The van der Waals surface area contributed by atoms with Crippen molar-refractivity contribution >= 4 is 5.97 Å². The fourth-order valence-electron chi connectivity index (χ4n) is 0.901. The molecule has 3 N–H and O–H groups in total. The van der Waals surface area contributed by atoms with Gasteiger partial charge in [-0.25, -0.2) is 0 Å². The Morgan fingerprint density at radius 3 is 2.29 bits per heavy atom. The first kappa shape index (κ1) is 10.3. The number of aliphatic hydroxyl groups excluding tert-OH is 1. The summed E-state index contributed by atoms with van der Waals surface area (Å²) in [6.07, 6.45) is -0.129. The maximum absolute atomic E-state index is 10.9. The summed E-state index contributed by atoms with van der Waals surface area (Å²) in [6, 6.07) is 3.49. The van der Waals surface area contributed by atoms with Crippen molar-refractivity contribution < 1.29 is 24.9 Å². The highest BCUT2D eigenvalue weighted by atomic mass is 16.5. The molecule has 0 aromatic heterocycles. The third-order valence-corrected chi connectivity index (χ3v) is 1.42. The molecule has 5 heteroatoms. The molecule has 0 amide bonds. The molecule has 0 aliphatic carbocycles. The van der Waals surface area contributed by atoms with Gasteiger partial charge < -0.3 is 20.1 Å². The summed E-state index contributed by atoms with van der Waals surface area (Å²) >= 11 is 0. The van der Waals surface area contributed by atoms with Crippen LogP contribution in [0, 0.1) is 0 Å². The largest absolute Gasteiger partial charge is 0.508 e. The van der Waals surface area contributed by atoms with E-state index >= 15 is 0 Å². The standard InChI is InChI=1S/C9H10O5/c10-2-1-9(13)14-8-4-6(11)3-7(12)5-8/h3-5,10-12H,1-2H2. The molecule has 1 rings (SSSR count). The second-order valence-electron chi connectivity index (χ2n) is 2.63. The van der Waals surface area contributed by atoms with Gasteiger partial charge in [-0.2, -0.15) is 0 Å². The van der Waals surface area contributed by atoms with E-state index in [-0.39, 0.29) is 30.3 Å². The molecule has 0 unspecified atom stereocenters. The number of hydrogen-bond acceptors (Lipinski definition) is 5. The van der Waals surface area contributed by atoms with Crippen LogP contribution in [0.3, 0.4) is 0 Å². The number of aromatic hydroxyl groups is 2. The highest BCUT2D eigenvalue weighted by Gasteiger charge is 2.05. The monoisotopic (exact) mass is 198 g/mol. The quantitative estimate of drug-likeness (QED) is 0.483. The van der Waals surface area contributed by atoms with Gasteiger partial charge in [0, 0.05) is 18.2 Å². The Bertz CT molecular complexity index is 314. The fraction of sp³-hybridized carbons (Fsp3) is 0.222. The van der Waals surface area contributed by atoms with Gasteiger partial charge in [0.1, 0.15) is 17.2 Å². The van der Waals surface area contributed by atoms with Crippen LogP contribution >= 0.6 is 0 Å². The van der Waals surface area contributed by atoms with Crippen LogP contribution in [0.4, 0.5) is 0 Å². The molecule has 0 bridgehead atoms. The Morgan fingerprint density at radius 1 is 1.21 bits per heavy atom. The number of benzene rings is 1. The minimum absolute atomic E-state index is 0.0425. The van der Waals surface area contributed by atoms with Crippen LogP contribution in [-0.2, 0) is 4.79 Å². The van der Waals surface area contributed by atoms with Crippen LogP contribution in [0.25, 0.3) is 0 Å². The third-order valence-electron chi connectivity index (χ3n) is 1.42. The molecule has 1 aromatic rings. The topological polar surface area (TPSA) is 87.0 Å². The van der Waals surface area contributed by atoms with Crippen LogP contribution in [0.1, 0.15) is 6.42 Å². The van der Waals surface area contributed by atoms with Crippen molar-refractivity contribution in [2.24, 2.45) is 0 Å². The van der Waals surface area contributed by atoms with Crippen LogP contribution < -0.4 is 4.74 Å². The SMILES string of the molecule is O=C(CCO)Oc1cc(O)cc(O)c1. The molecule has 0 fully saturated rings. The maximum atomic E-state index is 10.9. The van der Waals surface area contributed by atoms with Crippen molar-refractivity contribution in [3.8, 4) is 17.2 Å². The third kappa shape index (κ3) is 2.95. The predicted molar refractivity (Wildman–Crippen MR) is 47.1 cm³/mol. The van der Waals surface area contributed by atoms with E-state index in [2.05, 4.69) is 0 Å². The summed E-state index contributed by atoms with van der Waals surface area (Å²) in [4.78, 5) is 10.9. The molecule has 0 spiro atoms. The van der Waals surface area contributed by atoms with E-state index in [0.29, 0.717) is 0 Å². The average molecular weight is 198 g/mol. The number of rotatable bonds is 3. The highest BCUT2D eigenvalue weighted by molar-refractivity contribution is 5.72. The molecule has 0 aliphatic heterocycles. The van der Waals surface area contributed by atoms with Crippen LogP contribution in [0.15, 0.2) is 18.2 Å². The second kappa shape index (κ2) is 4.48. The van der Waals surface area contributed by atoms with E-state index in [1.165, 1.54) is 12.1 Å². The minimum Gasteiger partial charge on any atom is -0.508 e. The summed E-state index contributed by atoms with van der Waals surface area (Å²) in [5.74, 6) is -0.980. The minimum atomic E-state index is -0.627. The summed E-state index contributed by atoms with van der Waals surface area (Å²) in [6.45, 7) is -0.302. The van der Waals surface area contributed by atoms with Gasteiger partial charge in [0.15, 0.2) is 0 Å². The molecule has 14 heavy (non-hydrogen) atoms. The molecule has 76 valence electrons. The van der Waals surface area contributed by atoms with Crippen molar-refractivity contribution in [2.75, 3.05) is 6.61 Å². The molecule has 1 aromatic carbocycles. The Kier molecular flexibility index (Phi) is 3.30. The Balaban J connectivity index is 2.71. The zero-order valence-electron chi connectivity index (χ0n) is 7.30. The highest BCUT2D eigenvalue weighted by Crippen LogP contribution is 2.25. The Labute approximate surface area is 80.2 Å². The van der Waals surface area contributed by atoms with Crippen molar-refractivity contribution in [2.45, 2.75) is 6.42 Å². The molecular formula is C9H10O5. The number of carbonyl (C=O) groups is 1. The number of phenols is 2. The number of ether oxygens (including phenoxy) is 1. The lowest BCUT2D eigenvalue weighted by atomic mass is 10.3. The van der Waals surface area contributed by atoms with Crippen molar-refractivity contribution in [1.29, 1.82) is 0 Å². The van der Waals surface area contributed by atoms with Gasteiger partial charge >= 0.3 is 5.97 Å². The zero-order chi connectivity index (χ0) is 10.6. The van der Waals surface area contributed by atoms with Crippen molar-refractivity contribution in [3.05, 3.63) is 18.2 Å². The normalized spacial score (nSPS) is 9.79. The molecular weight excluding hydrogens is 188 g/mol. The fourth-order valence-corrected chi connectivity index (χ4v) is 0.901.